The molecule has 0 saturated heterocycles. The van der Waals surface area contributed by atoms with E-state index in [1.165, 1.54) is 54.7 Å². The fourth-order valence-corrected chi connectivity index (χ4v) is 4.66. The molecule has 3 aromatic carbocycles. The Bertz CT molecular complexity index is 1180. The number of nitrogens with zero attached hydrogens (tertiary/aromatic N) is 2. The van der Waals surface area contributed by atoms with E-state index < -0.39 is 0 Å². The van der Waals surface area contributed by atoms with E-state index in [0.29, 0.717) is 0 Å². The molecule has 24 heavy (non-hydrogen) atoms. The fourth-order valence-electron chi connectivity index (χ4n) is 4.66. The Morgan fingerprint density at radius 1 is 0.583 bits per heavy atom. The first-order chi connectivity index (χ1) is 11.6. The number of rotatable bonds is 0. The topological polar surface area (TPSA) is 9.86 Å². The van der Waals surface area contributed by atoms with Gasteiger partial charge in [-0.15, -0.1) is 0 Å². The van der Waals surface area contributed by atoms with Crippen LogP contribution in [-0.2, 0) is 14.1 Å². The summed E-state index contributed by atoms with van der Waals surface area (Å²) in [6, 6.07) is 17.5. The highest BCUT2D eigenvalue weighted by atomic mass is 15.0. The Labute approximate surface area is 140 Å². The van der Waals surface area contributed by atoms with E-state index in [9.17, 15) is 0 Å². The van der Waals surface area contributed by atoms with Crippen molar-refractivity contribution >= 4 is 43.6 Å². The molecule has 0 saturated carbocycles. The molecule has 0 N–H and O–H groups in total. The van der Waals surface area contributed by atoms with Gasteiger partial charge in [0.05, 0.1) is 11.0 Å². The molecule has 118 valence electrons. The number of benzene rings is 3. The number of fused-ring (bicyclic) bond motifs is 6. The average molecular weight is 312 g/mol. The third-order valence-corrected chi connectivity index (χ3v) is 5.67. The zero-order chi connectivity index (χ0) is 16.6. The van der Waals surface area contributed by atoms with Crippen LogP contribution in [0.1, 0.15) is 11.1 Å². The van der Waals surface area contributed by atoms with E-state index in [4.69, 9.17) is 0 Å². The Kier molecular flexibility index (Phi) is 2.52. The van der Waals surface area contributed by atoms with E-state index in [0.717, 1.165) is 0 Å². The monoisotopic (exact) mass is 312 g/mol. The lowest BCUT2D eigenvalue weighted by Gasteiger charge is -2.09. The van der Waals surface area contributed by atoms with Crippen LogP contribution in [0.4, 0.5) is 0 Å². The van der Waals surface area contributed by atoms with Gasteiger partial charge in [0.15, 0.2) is 0 Å². The third kappa shape index (κ3) is 1.42. The summed E-state index contributed by atoms with van der Waals surface area (Å²) >= 11 is 0. The van der Waals surface area contributed by atoms with Crippen molar-refractivity contribution in [2.24, 2.45) is 14.1 Å². The molecule has 2 heteroatoms. The molecule has 2 heterocycles. The molecule has 5 aromatic rings. The quantitative estimate of drug-likeness (QED) is 0.352. The summed E-state index contributed by atoms with van der Waals surface area (Å²) in [4.78, 5) is 0. The zero-order valence-electron chi connectivity index (χ0n) is 14.5. The van der Waals surface area contributed by atoms with Gasteiger partial charge in [-0.2, -0.15) is 0 Å². The van der Waals surface area contributed by atoms with Crippen LogP contribution in [0, 0.1) is 13.8 Å². The minimum atomic E-state index is 1.30. The van der Waals surface area contributed by atoms with E-state index in [1.807, 2.05) is 0 Å². The molecule has 0 aliphatic heterocycles. The summed E-state index contributed by atoms with van der Waals surface area (Å²) in [6.07, 6.45) is 0. The molecular formula is C22H20N2. The van der Waals surface area contributed by atoms with Crippen LogP contribution in [0.25, 0.3) is 43.6 Å². The predicted octanol–water partition coefficient (Wildman–Crippen LogP) is 5.59. The summed E-state index contributed by atoms with van der Waals surface area (Å²) in [7, 11) is 4.38. The highest BCUT2D eigenvalue weighted by molar-refractivity contribution is 6.22. The van der Waals surface area contributed by atoms with Gasteiger partial charge in [-0.25, -0.2) is 0 Å². The lowest BCUT2D eigenvalue weighted by Crippen LogP contribution is -1.94. The molecule has 0 spiro atoms. The number of aromatic nitrogens is 2. The Morgan fingerprint density at radius 3 is 1.38 bits per heavy atom. The molecule has 5 rings (SSSR count). The van der Waals surface area contributed by atoms with Crippen LogP contribution in [-0.4, -0.2) is 9.13 Å². The van der Waals surface area contributed by atoms with Crippen LogP contribution < -0.4 is 0 Å². The maximum atomic E-state index is 2.36. The minimum Gasteiger partial charge on any atom is -0.343 e. The maximum Gasteiger partial charge on any atom is 0.0528 e. The van der Waals surface area contributed by atoms with Crippen LogP contribution in [0.2, 0.25) is 0 Å². The first kappa shape index (κ1) is 13.7. The summed E-state index contributed by atoms with van der Waals surface area (Å²) < 4.78 is 4.71. The SMILES string of the molecule is Cc1c2c3ccccc3n(C)c2c(C)c2c3ccccc3n(C)c12. The van der Waals surface area contributed by atoms with Gasteiger partial charge in [-0.3, -0.25) is 0 Å². The summed E-state index contributed by atoms with van der Waals surface area (Å²) in [5.74, 6) is 0. The van der Waals surface area contributed by atoms with Crippen molar-refractivity contribution in [3.8, 4) is 0 Å². The molecule has 0 bridgehead atoms. The van der Waals surface area contributed by atoms with Gasteiger partial charge in [0.1, 0.15) is 0 Å². The summed E-state index contributed by atoms with van der Waals surface area (Å²) in [5.41, 5.74) is 8.08. The van der Waals surface area contributed by atoms with E-state index in [1.54, 1.807) is 0 Å². The van der Waals surface area contributed by atoms with Crippen molar-refractivity contribution in [3.63, 3.8) is 0 Å². The fraction of sp³-hybridized carbons (Fsp3) is 0.182. The standard InChI is InChI=1S/C22H20N2/c1-13-19-15-9-5-7-11-17(15)24(4)22(19)14(2)20-16-10-6-8-12-18(16)23(3)21(13)20/h5-12H,1-4H3. The van der Waals surface area contributed by atoms with Gasteiger partial charge in [-0.1, -0.05) is 36.4 Å². The second-order valence-corrected chi connectivity index (χ2v) is 6.85. The molecule has 2 aromatic heterocycles. The van der Waals surface area contributed by atoms with Crippen LogP contribution in [0.5, 0.6) is 0 Å². The van der Waals surface area contributed by atoms with Crippen LogP contribution >= 0.6 is 0 Å². The van der Waals surface area contributed by atoms with Crippen molar-refractivity contribution in [3.05, 3.63) is 59.7 Å². The Balaban J connectivity index is 2.21. The molecular weight excluding hydrogens is 292 g/mol. The van der Waals surface area contributed by atoms with Gasteiger partial charge in [0.2, 0.25) is 0 Å². The van der Waals surface area contributed by atoms with Gasteiger partial charge in [0, 0.05) is 46.7 Å². The van der Waals surface area contributed by atoms with Crippen LogP contribution in [0.15, 0.2) is 48.5 Å². The molecule has 0 fully saturated rings. The van der Waals surface area contributed by atoms with Gasteiger partial charge >= 0.3 is 0 Å². The average Bonchev–Trinajstić information content (AvgIpc) is 3.07. The largest absolute Gasteiger partial charge is 0.343 e. The minimum absolute atomic E-state index is 1.30. The second kappa shape index (κ2) is 4.41. The maximum absolute atomic E-state index is 2.36. The highest BCUT2D eigenvalue weighted by Crippen LogP contribution is 2.41. The molecule has 0 radical (unpaired) electrons. The first-order valence-corrected chi connectivity index (χ1v) is 8.44. The number of hydrogen-bond donors (Lipinski definition) is 0. The Morgan fingerprint density at radius 2 is 0.958 bits per heavy atom. The van der Waals surface area contributed by atoms with Crippen molar-refractivity contribution in [2.75, 3.05) is 0 Å². The molecule has 2 nitrogen and oxygen atoms in total. The number of para-hydroxylation sites is 2. The molecule has 0 aliphatic carbocycles. The lowest BCUT2D eigenvalue weighted by atomic mass is 9.98. The third-order valence-electron chi connectivity index (χ3n) is 5.67. The van der Waals surface area contributed by atoms with Gasteiger partial charge < -0.3 is 9.13 Å². The molecule has 0 atom stereocenters. The summed E-state index contributed by atoms with van der Waals surface area (Å²) in [5, 5.41) is 5.48. The van der Waals surface area contributed by atoms with Crippen molar-refractivity contribution in [2.45, 2.75) is 13.8 Å². The van der Waals surface area contributed by atoms with Crippen molar-refractivity contribution in [1.82, 2.24) is 9.13 Å². The van der Waals surface area contributed by atoms with Crippen molar-refractivity contribution < 1.29 is 0 Å². The number of hydrogen-bond acceptors (Lipinski definition) is 0. The lowest BCUT2D eigenvalue weighted by molar-refractivity contribution is 1.00. The zero-order valence-corrected chi connectivity index (χ0v) is 14.5. The molecule has 0 unspecified atom stereocenters. The molecule has 0 aliphatic rings. The first-order valence-electron chi connectivity index (χ1n) is 8.44. The second-order valence-electron chi connectivity index (χ2n) is 6.85. The molecule has 0 amide bonds. The normalized spacial score (nSPS) is 12.2. The van der Waals surface area contributed by atoms with E-state index >= 15 is 0 Å². The smallest absolute Gasteiger partial charge is 0.0528 e. The predicted molar refractivity (Wildman–Crippen MR) is 104 cm³/mol. The van der Waals surface area contributed by atoms with E-state index in [2.05, 4.69) is 85.6 Å². The van der Waals surface area contributed by atoms with Gasteiger partial charge in [-0.05, 0) is 37.1 Å². The van der Waals surface area contributed by atoms with Crippen molar-refractivity contribution in [1.29, 1.82) is 0 Å². The number of aryl methyl sites for hydroxylation is 4. The van der Waals surface area contributed by atoms with E-state index in [-0.39, 0.29) is 0 Å². The Hall–Kier alpha value is -2.74. The summed E-state index contributed by atoms with van der Waals surface area (Å²) in [6.45, 7) is 4.55. The van der Waals surface area contributed by atoms with Gasteiger partial charge in [0.25, 0.3) is 0 Å². The van der Waals surface area contributed by atoms with Crippen LogP contribution in [0.3, 0.4) is 0 Å². The highest BCUT2D eigenvalue weighted by Gasteiger charge is 2.20.